The minimum atomic E-state index is -0.0388. The molecule has 20 heavy (non-hydrogen) atoms. The van der Waals surface area contributed by atoms with Crippen LogP contribution in [0, 0.1) is 6.92 Å². The minimum absolute atomic E-state index is 0.0330. The molecule has 1 aromatic heterocycles. The van der Waals surface area contributed by atoms with Gasteiger partial charge in [0.05, 0.1) is 6.54 Å². The van der Waals surface area contributed by atoms with Crippen molar-refractivity contribution in [2.75, 3.05) is 14.1 Å². The molecule has 4 nitrogen and oxygen atoms in total. The first kappa shape index (κ1) is 14.1. The van der Waals surface area contributed by atoms with Crippen LogP contribution >= 0.6 is 0 Å². The highest BCUT2D eigenvalue weighted by atomic mass is 16.2. The average Bonchev–Trinajstić information content (AvgIpc) is 2.41. The van der Waals surface area contributed by atoms with E-state index >= 15 is 0 Å². The lowest BCUT2D eigenvalue weighted by Crippen LogP contribution is -2.22. The van der Waals surface area contributed by atoms with Crippen molar-refractivity contribution in [3.63, 3.8) is 0 Å². The molecule has 1 amide bonds. The summed E-state index contributed by atoms with van der Waals surface area (Å²) in [5, 5.41) is 0. The average molecular weight is 270 g/mol. The zero-order valence-corrected chi connectivity index (χ0v) is 12.0. The second-order valence-electron chi connectivity index (χ2n) is 5.07. The van der Waals surface area contributed by atoms with E-state index in [2.05, 4.69) is 0 Å². The number of carbonyl (C=O) groups excluding carboxylic acids is 1. The molecular formula is C16H18N2O2. The molecule has 0 radical (unpaired) electrons. The summed E-state index contributed by atoms with van der Waals surface area (Å²) in [5.74, 6) is -0.0388. The summed E-state index contributed by atoms with van der Waals surface area (Å²) in [6.45, 7) is 2.36. The quantitative estimate of drug-likeness (QED) is 0.855. The molecule has 0 spiro atoms. The number of amides is 1. The van der Waals surface area contributed by atoms with E-state index in [-0.39, 0.29) is 11.5 Å². The van der Waals surface area contributed by atoms with E-state index in [0.717, 1.165) is 11.1 Å². The highest BCUT2D eigenvalue weighted by molar-refractivity contribution is 5.94. The molecule has 1 aromatic carbocycles. The van der Waals surface area contributed by atoms with Crippen LogP contribution < -0.4 is 5.56 Å². The molecule has 1 heterocycles. The van der Waals surface area contributed by atoms with Gasteiger partial charge in [-0.15, -0.1) is 0 Å². The SMILES string of the molecule is Cc1ccn(Cc2cccc(C(=O)N(C)C)c2)c(=O)c1. The van der Waals surface area contributed by atoms with Gasteiger partial charge < -0.3 is 9.47 Å². The van der Waals surface area contributed by atoms with E-state index in [4.69, 9.17) is 0 Å². The first-order valence-electron chi connectivity index (χ1n) is 6.45. The van der Waals surface area contributed by atoms with Gasteiger partial charge in [0, 0.05) is 31.9 Å². The number of pyridine rings is 1. The van der Waals surface area contributed by atoms with Gasteiger partial charge >= 0.3 is 0 Å². The molecule has 2 aromatic rings. The summed E-state index contributed by atoms with van der Waals surface area (Å²) in [5.41, 5.74) is 2.48. The Kier molecular flexibility index (Phi) is 4.03. The number of aromatic nitrogens is 1. The van der Waals surface area contributed by atoms with E-state index in [9.17, 15) is 9.59 Å². The second kappa shape index (κ2) is 5.74. The highest BCUT2D eigenvalue weighted by Crippen LogP contribution is 2.08. The molecule has 0 aliphatic rings. The Morgan fingerprint density at radius 3 is 2.60 bits per heavy atom. The van der Waals surface area contributed by atoms with E-state index in [1.165, 1.54) is 4.90 Å². The lowest BCUT2D eigenvalue weighted by atomic mass is 10.1. The monoisotopic (exact) mass is 270 g/mol. The maximum Gasteiger partial charge on any atom is 0.253 e. The molecule has 0 aliphatic carbocycles. The summed E-state index contributed by atoms with van der Waals surface area (Å²) in [6.07, 6.45) is 1.78. The zero-order chi connectivity index (χ0) is 14.7. The van der Waals surface area contributed by atoms with Gasteiger partial charge in [0.15, 0.2) is 0 Å². The molecule has 0 fully saturated rings. The Morgan fingerprint density at radius 1 is 1.20 bits per heavy atom. The summed E-state index contributed by atoms with van der Waals surface area (Å²) in [7, 11) is 3.44. The molecule has 0 saturated heterocycles. The number of rotatable bonds is 3. The third-order valence-corrected chi connectivity index (χ3v) is 3.08. The van der Waals surface area contributed by atoms with Crippen LogP contribution in [0.3, 0.4) is 0 Å². The standard InChI is InChI=1S/C16H18N2O2/c1-12-7-8-18(15(19)9-12)11-13-5-4-6-14(10-13)16(20)17(2)3/h4-10H,11H2,1-3H3. The lowest BCUT2D eigenvalue weighted by molar-refractivity contribution is 0.0827. The fourth-order valence-electron chi connectivity index (χ4n) is 2.00. The summed E-state index contributed by atoms with van der Waals surface area (Å²) >= 11 is 0. The molecule has 0 unspecified atom stereocenters. The Balaban J connectivity index is 2.28. The van der Waals surface area contributed by atoms with Crippen LogP contribution in [-0.4, -0.2) is 29.5 Å². The van der Waals surface area contributed by atoms with E-state index in [1.54, 1.807) is 37.0 Å². The fraction of sp³-hybridized carbons (Fsp3) is 0.250. The molecule has 2 rings (SSSR count). The minimum Gasteiger partial charge on any atom is -0.345 e. The van der Waals surface area contributed by atoms with Crippen LogP contribution in [0.4, 0.5) is 0 Å². The van der Waals surface area contributed by atoms with Crippen molar-refractivity contribution in [1.29, 1.82) is 0 Å². The van der Waals surface area contributed by atoms with Crippen LogP contribution in [-0.2, 0) is 6.54 Å². The largest absolute Gasteiger partial charge is 0.345 e. The van der Waals surface area contributed by atoms with Gasteiger partial charge in [0.2, 0.25) is 0 Å². The second-order valence-corrected chi connectivity index (χ2v) is 5.07. The Labute approximate surface area is 118 Å². The van der Waals surface area contributed by atoms with E-state index in [0.29, 0.717) is 12.1 Å². The van der Waals surface area contributed by atoms with E-state index in [1.807, 2.05) is 31.2 Å². The van der Waals surface area contributed by atoms with Gasteiger partial charge in [0.1, 0.15) is 0 Å². The first-order chi connectivity index (χ1) is 9.47. The number of hydrogen-bond donors (Lipinski definition) is 0. The molecule has 0 atom stereocenters. The van der Waals surface area contributed by atoms with Crippen molar-refractivity contribution >= 4 is 5.91 Å². The lowest BCUT2D eigenvalue weighted by Gasteiger charge is -2.12. The van der Waals surface area contributed by atoms with Crippen molar-refractivity contribution in [3.05, 3.63) is 69.6 Å². The van der Waals surface area contributed by atoms with Crippen molar-refractivity contribution in [1.82, 2.24) is 9.47 Å². The van der Waals surface area contributed by atoms with Gasteiger partial charge in [-0.3, -0.25) is 9.59 Å². The predicted octanol–water partition coefficient (Wildman–Crippen LogP) is 1.91. The van der Waals surface area contributed by atoms with Gasteiger partial charge in [-0.25, -0.2) is 0 Å². The number of nitrogens with zero attached hydrogens (tertiary/aromatic N) is 2. The smallest absolute Gasteiger partial charge is 0.253 e. The van der Waals surface area contributed by atoms with Crippen molar-refractivity contribution in [2.24, 2.45) is 0 Å². The molecule has 104 valence electrons. The molecular weight excluding hydrogens is 252 g/mol. The zero-order valence-electron chi connectivity index (χ0n) is 12.0. The summed E-state index contributed by atoms with van der Waals surface area (Å²) in [4.78, 5) is 25.3. The van der Waals surface area contributed by atoms with Gasteiger partial charge in [-0.2, -0.15) is 0 Å². The van der Waals surface area contributed by atoms with Gasteiger partial charge in [-0.1, -0.05) is 12.1 Å². The third-order valence-electron chi connectivity index (χ3n) is 3.08. The summed E-state index contributed by atoms with van der Waals surface area (Å²) < 4.78 is 1.63. The maximum atomic E-state index is 11.9. The van der Waals surface area contributed by atoms with Gasteiger partial charge in [-0.05, 0) is 36.2 Å². The molecule has 0 saturated carbocycles. The summed E-state index contributed by atoms with van der Waals surface area (Å²) in [6, 6.07) is 10.9. The molecule has 4 heteroatoms. The Bertz CT molecular complexity index is 687. The van der Waals surface area contributed by atoms with Crippen LogP contribution in [0.25, 0.3) is 0 Å². The number of carbonyl (C=O) groups is 1. The fourth-order valence-corrected chi connectivity index (χ4v) is 2.00. The molecule has 0 N–H and O–H groups in total. The van der Waals surface area contributed by atoms with Crippen molar-refractivity contribution < 1.29 is 4.79 Å². The first-order valence-corrected chi connectivity index (χ1v) is 6.45. The molecule has 0 bridgehead atoms. The van der Waals surface area contributed by atoms with Crippen LogP contribution in [0.5, 0.6) is 0 Å². The van der Waals surface area contributed by atoms with Crippen LogP contribution in [0.1, 0.15) is 21.5 Å². The van der Waals surface area contributed by atoms with Crippen LogP contribution in [0.2, 0.25) is 0 Å². The molecule has 0 aliphatic heterocycles. The van der Waals surface area contributed by atoms with Crippen molar-refractivity contribution in [3.8, 4) is 0 Å². The Hall–Kier alpha value is -2.36. The predicted molar refractivity (Wildman–Crippen MR) is 79.0 cm³/mol. The van der Waals surface area contributed by atoms with E-state index < -0.39 is 0 Å². The Morgan fingerprint density at radius 2 is 1.95 bits per heavy atom. The van der Waals surface area contributed by atoms with Crippen molar-refractivity contribution in [2.45, 2.75) is 13.5 Å². The third kappa shape index (κ3) is 3.15. The maximum absolute atomic E-state index is 11.9. The topological polar surface area (TPSA) is 42.3 Å². The van der Waals surface area contributed by atoms with Crippen LogP contribution in [0.15, 0.2) is 47.4 Å². The van der Waals surface area contributed by atoms with Gasteiger partial charge in [0.25, 0.3) is 11.5 Å². The number of benzene rings is 1. The normalized spacial score (nSPS) is 10.3. The number of hydrogen-bond acceptors (Lipinski definition) is 2. The number of aryl methyl sites for hydroxylation is 1. The highest BCUT2D eigenvalue weighted by Gasteiger charge is 2.08.